The summed E-state index contributed by atoms with van der Waals surface area (Å²) in [6.07, 6.45) is 0. The molecule has 13 aromatic rings. The molecule has 7 heteroatoms. The van der Waals surface area contributed by atoms with E-state index in [1.54, 1.807) is 0 Å². The van der Waals surface area contributed by atoms with Crippen LogP contribution < -0.4 is 0 Å². The number of fused-ring (bicyclic) bond motifs is 6. The van der Waals surface area contributed by atoms with Crippen LogP contribution >= 0.6 is 0 Å². The molecule has 0 spiro atoms. The topological polar surface area (TPSA) is 96.1 Å². The third-order valence-corrected chi connectivity index (χ3v) is 13.7. The van der Waals surface area contributed by atoms with Crippen molar-refractivity contribution in [3.8, 4) is 91.1 Å². The van der Waals surface area contributed by atoms with Crippen molar-refractivity contribution >= 4 is 43.6 Å². The first-order chi connectivity index (χ1) is 35.6. The summed E-state index contributed by atoms with van der Waals surface area (Å²) in [4.78, 5) is 15.8. The smallest absolute Gasteiger partial charge is 0.166 e. The Morgan fingerprint density at radius 1 is 0.278 bits per heavy atom. The standard InChI is InChI=1S/C65H39N7/c66-40-47-21-7-9-23-49(47)44-31-34-60-54(37-44)55-38-45(50-24-10-8-22-48(50)41-67)32-35-61(55)72(60)62-36-33-46(51-25-11-14-28-57(51)71-58-29-15-12-26-52(58)53-27-13-16-30-59(53)71)39-56(62)65-69-63(42-17-3-1-4-18-42)68-64(70-65)43-19-5-2-6-20-43/h1-39H. The molecular formula is C65H39N7. The van der Waals surface area contributed by atoms with E-state index in [1.165, 1.54) is 10.8 Å². The van der Waals surface area contributed by atoms with Crippen molar-refractivity contribution in [3.63, 3.8) is 0 Å². The molecule has 3 heterocycles. The van der Waals surface area contributed by atoms with Gasteiger partial charge in [-0.2, -0.15) is 10.5 Å². The molecular weight excluding hydrogens is 879 g/mol. The Morgan fingerprint density at radius 3 is 1.19 bits per heavy atom. The highest BCUT2D eigenvalue weighted by Crippen LogP contribution is 2.43. The molecule has 0 atom stereocenters. The maximum absolute atomic E-state index is 10.2. The summed E-state index contributed by atoms with van der Waals surface area (Å²) in [5, 5.41) is 24.8. The van der Waals surface area contributed by atoms with E-state index in [2.05, 4.69) is 149 Å². The molecule has 72 heavy (non-hydrogen) atoms. The van der Waals surface area contributed by atoms with Gasteiger partial charge in [-0.25, -0.2) is 15.0 Å². The van der Waals surface area contributed by atoms with Crippen LogP contribution in [0.5, 0.6) is 0 Å². The summed E-state index contributed by atoms with van der Waals surface area (Å²) in [6, 6.07) is 85.6. The van der Waals surface area contributed by atoms with Gasteiger partial charge in [0.15, 0.2) is 17.5 Å². The molecule has 10 aromatic carbocycles. The number of hydrogen-bond acceptors (Lipinski definition) is 5. The Hall–Kier alpha value is -10.2. The van der Waals surface area contributed by atoms with Gasteiger partial charge in [-0.3, -0.25) is 0 Å². The number of rotatable bonds is 8. The van der Waals surface area contributed by atoms with Crippen LogP contribution in [0.25, 0.3) is 123 Å². The predicted molar refractivity (Wildman–Crippen MR) is 291 cm³/mol. The van der Waals surface area contributed by atoms with Gasteiger partial charge in [0.2, 0.25) is 0 Å². The number of hydrogen-bond donors (Lipinski definition) is 0. The fraction of sp³-hybridized carbons (Fsp3) is 0. The predicted octanol–water partition coefficient (Wildman–Crippen LogP) is 15.8. The molecule has 0 amide bonds. The minimum atomic E-state index is 0.517. The Kier molecular flexibility index (Phi) is 10.1. The third-order valence-electron chi connectivity index (χ3n) is 13.7. The molecule has 7 nitrogen and oxygen atoms in total. The van der Waals surface area contributed by atoms with Crippen molar-refractivity contribution in [1.82, 2.24) is 24.1 Å². The van der Waals surface area contributed by atoms with E-state index in [-0.39, 0.29) is 0 Å². The molecule has 3 aromatic heterocycles. The van der Waals surface area contributed by atoms with Crippen LogP contribution in [0.3, 0.4) is 0 Å². The third kappa shape index (κ3) is 7.00. The number of nitrogens with zero attached hydrogens (tertiary/aromatic N) is 7. The van der Waals surface area contributed by atoms with E-state index in [9.17, 15) is 10.5 Å². The van der Waals surface area contributed by atoms with Gasteiger partial charge in [-0.15, -0.1) is 0 Å². The lowest BCUT2D eigenvalue weighted by molar-refractivity contribution is 1.06. The lowest BCUT2D eigenvalue weighted by Gasteiger charge is -2.18. The average molecular weight is 918 g/mol. The Labute approximate surface area is 415 Å². The van der Waals surface area contributed by atoms with E-state index >= 15 is 0 Å². The van der Waals surface area contributed by atoms with Gasteiger partial charge < -0.3 is 9.13 Å². The molecule has 0 aliphatic heterocycles. The minimum Gasteiger partial charge on any atom is -0.309 e. The van der Waals surface area contributed by atoms with E-state index < -0.39 is 0 Å². The molecule has 334 valence electrons. The first-order valence-corrected chi connectivity index (χ1v) is 23.8. The largest absolute Gasteiger partial charge is 0.309 e. The highest BCUT2D eigenvalue weighted by Gasteiger charge is 2.23. The summed E-state index contributed by atoms with van der Waals surface area (Å²) in [6.45, 7) is 0. The maximum Gasteiger partial charge on any atom is 0.166 e. The molecule has 0 aliphatic carbocycles. The summed E-state index contributed by atoms with van der Waals surface area (Å²) >= 11 is 0. The van der Waals surface area contributed by atoms with Crippen LogP contribution in [0.15, 0.2) is 237 Å². The molecule has 0 saturated carbocycles. The summed E-state index contributed by atoms with van der Waals surface area (Å²) in [7, 11) is 0. The molecule has 0 saturated heterocycles. The van der Waals surface area contributed by atoms with Crippen LogP contribution in [0.2, 0.25) is 0 Å². The summed E-state index contributed by atoms with van der Waals surface area (Å²) in [5.41, 5.74) is 15.4. The van der Waals surface area contributed by atoms with Gasteiger partial charge in [-0.1, -0.05) is 170 Å². The number of para-hydroxylation sites is 3. The fourth-order valence-corrected chi connectivity index (χ4v) is 10.4. The zero-order chi connectivity index (χ0) is 48.1. The van der Waals surface area contributed by atoms with Crippen molar-refractivity contribution < 1.29 is 0 Å². The van der Waals surface area contributed by atoms with Crippen molar-refractivity contribution in [3.05, 3.63) is 248 Å². The molecule has 0 aliphatic rings. The number of aromatic nitrogens is 5. The lowest BCUT2D eigenvalue weighted by atomic mass is 9.96. The highest BCUT2D eigenvalue weighted by molar-refractivity contribution is 6.13. The Bertz CT molecular complexity index is 4140. The van der Waals surface area contributed by atoms with Crippen molar-refractivity contribution in [2.24, 2.45) is 0 Å². The van der Waals surface area contributed by atoms with E-state index in [0.717, 1.165) is 94.3 Å². The van der Waals surface area contributed by atoms with Crippen LogP contribution in [0.4, 0.5) is 0 Å². The van der Waals surface area contributed by atoms with E-state index in [1.807, 2.05) is 109 Å². The highest BCUT2D eigenvalue weighted by atomic mass is 15.1. The maximum atomic E-state index is 10.2. The van der Waals surface area contributed by atoms with Crippen LogP contribution in [0, 0.1) is 22.7 Å². The number of nitriles is 2. The second-order valence-corrected chi connectivity index (χ2v) is 17.8. The molecule has 0 fully saturated rings. The fourth-order valence-electron chi connectivity index (χ4n) is 10.4. The summed E-state index contributed by atoms with van der Waals surface area (Å²) in [5.74, 6) is 1.64. The zero-order valence-electron chi connectivity index (χ0n) is 38.6. The van der Waals surface area contributed by atoms with Gasteiger partial charge in [-0.05, 0) is 94.5 Å². The second kappa shape index (κ2) is 17.4. The Balaban J connectivity index is 1.12. The molecule has 0 N–H and O–H groups in total. The average Bonchev–Trinajstić information content (AvgIpc) is 3.97. The van der Waals surface area contributed by atoms with Gasteiger partial charge in [0.05, 0.1) is 56.7 Å². The first-order valence-electron chi connectivity index (χ1n) is 23.8. The van der Waals surface area contributed by atoms with Crippen molar-refractivity contribution in [1.29, 1.82) is 10.5 Å². The molecule has 0 bridgehead atoms. The first kappa shape index (κ1) is 41.9. The van der Waals surface area contributed by atoms with Gasteiger partial charge in [0.1, 0.15) is 0 Å². The Morgan fingerprint density at radius 2 is 0.667 bits per heavy atom. The lowest BCUT2D eigenvalue weighted by Crippen LogP contribution is -2.04. The monoisotopic (exact) mass is 917 g/mol. The van der Waals surface area contributed by atoms with Gasteiger partial charge in [0, 0.05) is 43.8 Å². The van der Waals surface area contributed by atoms with E-state index in [0.29, 0.717) is 28.6 Å². The van der Waals surface area contributed by atoms with Crippen LogP contribution in [-0.4, -0.2) is 24.1 Å². The van der Waals surface area contributed by atoms with Crippen LogP contribution in [0.1, 0.15) is 11.1 Å². The minimum absolute atomic E-state index is 0.517. The second-order valence-electron chi connectivity index (χ2n) is 17.8. The normalized spacial score (nSPS) is 11.3. The molecule has 0 unspecified atom stereocenters. The van der Waals surface area contributed by atoms with E-state index in [4.69, 9.17) is 15.0 Å². The van der Waals surface area contributed by atoms with Gasteiger partial charge in [0.25, 0.3) is 0 Å². The zero-order valence-corrected chi connectivity index (χ0v) is 38.6. The summed E-state index contributed by atoms with van der Waals surface area (Å²) < 4.78 is 4.67. The number of benzene rings is 10. The molecule has 0 radical (unpaired) electrons. The quantitative estimate of drug-likeness (QED) is 0.151. The van der Waals surface area contributed by atoms with Crippen molar-refractivity contribution in [2.45, 2.75) is 0 Å². The van der Waals surface area contributed by atoms with Crippen molar-refractivity contribution in [2.75, 3.05) is 0 Å². The SMILES string of the molecule is N#Cc1ccccc1-c1ccc2c(c1)c1cc(-c3ccccc3C#N)ccc1n2-c1ccc(-c2ccccc2-n2c3ccccc3c3ccccc32)cc1-c1nc(-c2ccccc2)nc(-c2ccccc2)n1. The van der Waals surface area contributed by atoms with Crippen LogP contribution in [-0.2, 0) is 0 Å². The molecule has 13 rings (SSSR count). The van der Waals surface area contributed by atoms with Gasteiger partial charge >= 0.3 is 0 Å².